The largest absolute Gasteiger partial charge is 0.294 e. The van der Waals surface area contributed by atoms with Crippen LogP contribution in [0.4, 0.5) is 0 Å². The first-order valence-electron chi connectivity index (χ1n) is 7.28. The van der Waals surface area contributed by atoms with E-state index in [0.717, 1.165) is 18.4 Å². The van der Waals surface area contributed by atoms with Gasteiger partial charge in [0.1, 0.15) is 0 Å². The van der Waals surface area contributed by atoms with Gasteiger partial charge >= 0.3 is 0 Å². The average Bonchev–Trinajstić information content (AvgIpc) is 3.16. The lowest BCUT2D eigenvalue weighted by Crippen LogP contribution is -2.11. The van der Waals surface area contributed by atoms with Crippen LogP contribution >= 0.6 is 0 Å². The highest BCUT2D eigenvalue weighted by Crippen LogP contribution is 2.49. The molecule has 3 rings (SSSR count). The quantitative estimate of drug-likeness (QED) is 0.358. The summed E-state index contributed by atoms with van der Waals surface area (Å²) in [5.41, 5.74) is 4.58. The van der Waals surface area contributed by atoms with E-state index in [9.17, 15) is 9.59 Å². The van der Waals surface area contributed by atoms with Crippen LogP contribution in [0.15, 0.2) is 52.6 Å². The number of rotatable bonds is 3. The standard InChI is InChI=1S/C18H18O2/c1-12(19)16(18(20)13-8-4-2-5-9-13)17-14-10-6-3-7-11-15(14)17/h2,4-5,8-9H,3,6-7,10-11H2,1H3. The average molecular weight is 266 g/mol. The second-order valence-corrected chi connectivity index (χ2v) is 5.52. The normalized spacial score (nSPS) is 17.4. The van der Waals surface area contributed by atoms with Gasteiger partial charge in [0, 0.05) is 5.56 Å². The molecular formula is C18H18O2. The van der Waals surface area contributed by atoms with Crippen molar-refractivity contribution in [2.75, 3.05) is 0 Å². The van der Waals surface area contributed by atoms with Crippen molar-refractivity contribution in [1.29, 1.82) is 0 Å². The fourth-order valence-electron chi connectivity index (χ4n) is 3.09. The third-order valence-corrected chi connectivity index (χ3v) is 4.12. The van der Waals surface area contributed by atoms with Crippen LogP contribution < -0.4 is 0 Å². The molecular weight excluding hydrogens is 248 g/mol. The summed E-state index contributed by atoms with van der Waals surface area (Å²) in [4.78, 5) is 24.6. The number of hydrogen-bond acceptors (Lipinski definition) is 2. The van der Waals surface area contributed by atoms with Gasteiger partial charge in [-0.15, -0.1) is 0 Å². The number of Topliss-reactive ketones (excluding diaryl/α,β-unsaturated/α-hetero) is 2. The zero-order valence-corrected chi connectivity index (χ0v) is 11.7. The van der Waals surface area contributed by atoms with Crippen LogP contribution in [-0.4, -0.2) is 11.6 Å². The number of benzene rings is 1. The van der Waals surface area contributed by atoms with Crippen LogP contribution in [-0.2, 0) is 4.79 Å². The summed E-state index contributed by atoms with van der Waals surface area (Å²) < 4.78 is 0. The third kappa shape index (κ3) is 2.26. The number of allylic oxidation sites excluding steroid dienone is 4. The summed E-state index contributed by atoms with van der Waals surface area (Å²) in [6.07, 6.45) is 5.66. The van der Waals surface area contributed by atoms with Gasteiger partial charge in [-0.05, 0) is 49.3 Å². The zero-order chi connectivity index (χ0) is 14.1. The minimum absolute atomic E-state index is 0.109. The Kier molecular flexibility index (Phi) is 3.39. The predicted octanol–water partition coefficient (Wildman–Crippen LogP) is 4.03. The van der Waals surface area contributed by atoms with Gasteiger partial charge < -0.3 is 0 Å². The van der Waals surface area contributed by atoms with Crippen molar-refractivity contribution >= 4 is 11.6 Å². The fourth-order valence-corrected chi connectivity index (χ4v) is 3.09. The Bertz CT molecular complexity index is 615. The SMILES string of the molecule is CC(=O)C(C(=O)c1ccccc1)=C1C2=C1CCCCC2. The molecule has 0 N–H and O–H groups in total. The van der Waals surface area contributed by atoms with Crippen molar-refractivity contribution in [3.05, 3.63) is 58.2 Å². The topological polar surface area (TPSA) is 34.1 Å². The molecule has 0 aliphatic heterocycles. The number of hydrogen-bond donors (Lipinski definition) is 0. The first-order chi connectivity index (χ1) is 9.70. The summed E-state index contributed by atoms with van der Waals surface area (Å²) in [6, 6.07) is 9.10. The first kappa shape index (κ1) is 13.0. The van der Waals surface area contributed by atoms with Crippen LogP contribution in [0, 0.1) is 0 Å². The van der Waals surface area contributed by atoms with Gasteiger partial charge in [0.05, 0.1) is 5.57 Å². The monoisotopic (exact) mass is 266 g/mol. The van der Waals surface area contributed by atoms with Crippen molar-refractivity contribution in [2.24, 2.45) is 0 Å². The Balaban J connectivity index is 1.96. The summed E-state index contributed by atoms with van der Waals surface area (Å²) in [7, 11) is 0. The number of carbonyl (C=O) groups is 2. The summed E-state index contributed by atoms with van der Waals surface area (Å²) in [5.74, 6) is -0.233. The van der Waals surface area contributed by atoms with Crippen LogP contribution in [0.5, 0.6) is 0 Å². The Morgan fingerprint density at radius 3 is 2.05 bits per heavy atom. The maximum atomic E-state index is 12.6. The van der Waals surface area contributed by atoms with Crippen molar-refractivity contribution < 1.29 is 9.59 Å². The van der Waals surface area contributed by atoms with Gasteiger partial charge in [0.2, 0.25) is 0 Å². The van der Waals surface area contributed by atoms with E-state index in [4.69, 9.17) is 0 Å². The molecule has 0 amide bonds. The molecule has 20 heavy (non-hydrogen) atoms. The highest BCUT2D eigenvalue weighted by Gasteiger charge is 2.36. The molecule has 102 valence electrons. The lowest BCUT2D eigenvalue weighted by atomic mass is 9.96. The van der Waals surface area contributed by atoms with E-state index in [1.54, 1.807) is 12.1 Å². The molecule has 2 nitrogen and oxygen atoms in total. The van der Waals surface area contributed by atoms with Crippen molar-refractivity contribution in [1.82, 2.24) is 0 Å². The molecule has 1 aromatic carbocycles. The lowest BCUT2D eigenvalue weighted by Gasteiger charge is -2.05. The van der Waals surface area contributed by atoms with Gasteiger partial charge in [-0.3, -0.25) is 9.59 Å². The Labute approximate surface area is 119 Å². The molecule has 2 aliphatic carbocycles. The molecule has 2 aliphatic rings. The maximum Gasteiger partial charge on any atom is 0.197 e. The van der Waals surface area contributed by atoms with Crippen molar-refractivity contribution in [3.8, 4) is 0 Å². The molecule has 0 atom stereocenters. The van der Waals surface area contributed by atoms with E-state index in [2.05, 4.69) is 0 Å². The van der Waals surface area contributed by atoms with E-state index in [-0.39, 0.29) is 11.6 Å². The summed E-state index contributed by atoms with van der Waals surface area (Å²) in [5, 5.41) is 0. The fraction of sp³-hybridized carbons (Fsp3) is 0.333. The smallest absolute Gasteiger partial charge is 0.197 e. The molecule has 0 unspecified atom stereocenters. The van der Waals surface area contributed by atoms with E-state index in [0.29, 0.717) is 11.1 Å². The first-order valence-corrected chi connectivity index (χ1v) is 7.28. The van der Waals surface area contributed by atoms with Gasteiger partial charge in [-0.25, -0.2) is 0 Å². The molecule has 1 aromatic rings. The molecule has 0 saturated carbocycles. The third-order valence-electron chi connectivity index (χ3n) is 4.12. The second kappa shape index (κ2) is 5.20. The number of ketones is 2. The van der Waals surface area contributed by atoms with Gasteiger partial charge in [-0.1, -0.05) is 36.8 Å². The second-order valence-electron chi connectivity index (χ2n) is 5.52. The van der Waals surface area contributed by atoms with E-state index < -0.39 is 0 Å². The van der Waals surface area contributed by atoms with E-state index in [1.807, 2.05) is 18.2 Å². The van der Waals surface area contributed by atoms with Gasteiger partial charge in [0.25, 0.3) is 0 Å². The molecule has 0 aromatic heterocycles. The van der Waals surface area contributed by atoms with Crippen molar-refractivity contribution in [2.45, 2.75) is 39.0 Å². The van der Waals surface area contributed by atoms with Gasteiger partial charge in [0.15, 0.2) is 11.6 Å². The summed E-state index contributed by atoms with van der Waals surface area (Å²) in [6.45, 7) is 1.50. The highest BCUT2D eigenvalue weighted by molar-refractivity contribution is 6.27. The molecule has 0 saturated heterocycles. The zero-order valence-electron chi connectivity index (χ0n) is 11.7. The van der Waals surface area contributed by atoms with Crippen LogP contribution in [0.3, 0.4) is 0 Å². The molecule has 2 heteroatoms. The van der Waals surface area contributed by atoms with Gasteiger partial charge in [-0.2, -0.15) is 0 Å². The minimum atomic E-state index is -0.124. The molecule has 0 fully saturated rings. The van der Waals surface area contributed by atoms with Crippen molar-refractivity contribution in [3.63, 3.8) is 0 Å². The number of carbonyl (C=O) groups excluding carboxylic acids is 2. The molecule has 0 bridgehead atoms. The molecule has 0 spiro atoms. The molecule has 0 heterocycles. The maximum absolute atomic E-state index is 12.6. The van der Waals surface area contributed by atoms with E-state index in [1.165, 1.54) is 37.3 Å². The van der Waals surface area contributed by atoms with Crippen LogP contribution in [0.25, 0.3) is 0 Å². The predicted molar refractivity (Wildman–Crippen MR) is 78.6 cm³/mol. The lowest BCUT2D eigenvalue weighted by molar-refractivity contribution is -0.113. The molecule has 0 radical (unpaired) electrons. The Hall–Kier alpha value is -1.96. The summed E-state index contributed by atoms with van der Waals surface area (Å²) >= 11 is 0. The minimum Gasteiger partial charge on any atom is -0.294 e. The Morgan fingerprint density at radius 2 is 1.50 bits per heavy atom. The van der Waals surface area contributed by atoms with Crippen LogP contribution in [0.1, 0.15) is 49.4 Å². The van der Waals surface area contributed by atoms with E-state index >= 15 is 0 Å². The van der Waals surface area contributed by atoms with Crippen LogP contribution in [0.2, 0.25) is 0 Å². The highest BCUT2D eigenvalue weighted by atomic mass is 16.1. The Morgan fingerprint density at radius 1 is 0.900 bits per heavy atom.